The van der Waals surface area contributed by atoms with Crippen LogP contribution >= 0.6 is 0 Å². The van der Waals surface area contributed by atoms with E-state index in [0.717, 1.165) is 51.1 Å². The highest BCUT2D eigenvalue weighted by Gasteiger charge is 2.32. The van der Waals surface area contributed by atoms with E-state index in [4.69, 9.17) is 0 Å². The van der Waals surface area contributed by atoms with E-state index in [1.807, 2.05) is 12.1 Å². The Balaban J connectivity index is 1.32. The van der Waals surface area contributed by atoms with Crippen molar-refractivity contribution in [1.82, 2.24) is 4.90 Å². The van der Waals surface area contributed by atoms with E-state index in [1.165, 1.54) is 22.3 Å². The molecule has 0 radical (unpaired) electrons. The summed E-state index contributed by atoms with van der Waals surface area (Å²) in [5, 5.41) is 13.6. The predicted molar refractivity (Wildman–Crippen MR) is 133 cm³/mol. The average molecular weight is 445 g/mol. The number of aromatic hydroxyl groups is 1. The van der Waals surface area contributed by atoms with Crippen LogP contribution in [0.5, 0.6) is 5.75 Å². The van der Waals surface area contributed by atoms with Gasteiger partial charge in [-0.15, -0.1) is 0 Å². The Labute approximate surface area is 196 Å². The van der Waals surface area contributed by atoms with Gasteiger partial charge < -0.3 is 15.3 Å². The normalized spacial score (nSPS) is 22.8. The molecule has 3 aromatic carbocycles. The molecule has 2 N–H and O–H groups in total. The van der Waals surface area contributed by atoms with Gasteiger partial charge in [0.15, 0.2) is 0 Å². The Morgan fingerprint density at radius 1 is 0.939 bits per heavy atom. The molecule has 0 saturated carbocycles. The number of phenolic OH excluding ortho intramolecular Hbond substituents is 1. The van der Waals surface area contributed by atoms with Gasteiger partial charge in [-0.25, -0.2) is 0 Å². The molecule has 0 bridgehead atoms. The van der Waals surface area contributed by atoms with Gasteiger partial charge in [-0.05, 0) is 78.2 Å². The molecule has 0 aromatic heterocycles. The number of benzene rings is 3. The van der Waals surface area contributed by atoms with Crippen molar-refractivity contribution >= 4 is 5.69 Å². The fourth-order valence-electron chi connectivity index (χ4n) is 5.69. The minimum absolute atomic E-state index is 0.195. The zero-order valence-electron chi connectivity index (χ0n) is 19.1. The molecule has 33 heavy (non-hydrogen) atoms. The average Bonchev–Trinajstić information content (AvgIpc) is 3.32. The first-order valence-corrected chi connectivity index (χ1v) is 12.2. The van der Waals surface area contributed by atoms with Crippen LogP contribution < -0.4 is 5.32 Å². The number of fused-ring (bicyclic) bond motifs is 1. The van der Waals surface area contributed by atoms with E-state index < -0.39 is 0 Å². The standard InChI is InChI=1S/C29H33FN2O/c30-19-21-14-16-32(20-21)17-15-31-25-9-6-23(7-10-25)29-27(22-4-2-1-3-5-22)12-8-24-18-26(33)11-13-28(24)29/h1-7,9-11,13,18,21,27,29,31,33H,8,12,14-17,19-20H2/t21-,27-,29+/m0/s1. The number of nitrogens with one attached hydrogen (secondary N) is 1. The third kappa shape index (κ3) is 4.91. The molecule has 3 aromatic rings. The van der Waals surface area contributed by atoms with Gasteiger partial charge in [-0.2, -0.15) is 0 Å². The maximum absolute atomic E-state index is 12.8. The van der Waals surface area contributed by atoms with Crippen LogP contribution in [0.15, 0.2) is 72.8 Å². The molecule has 3 nitrogen and oxygen atoms in total. The van der Waals surface area contributed by atoms with Crippen LogP contribution in [0.1, 0.15) is 46.9 Å². The van der Waals surface area contributed by atoms with Gasteiger partial charge in [-0.1, -0.05) is 48.5 Å². The number of alkyl halides is 1. The number of anilines is 1. The van der Waals surface area contributed by atoms with Gasteiger partial charge in [0.1, 0.15) is 5.75 Å². The second-order valence-corrected chi connectivity index (χ2v) is 9.58. The van der Waals surface area contributed by atoms with Gasteiger partial charge in [0.25, 0.3) is 0 Å². The van der Waals surface area contributed by atoms with Gasteiger partial charge in [0.05, 0.1) is 6.67 Å². The molecule has 1 aliphatic carbocycles. The van der Waals surface area contributed by atoms with Crippen molar-refractivity contribution in [2.24, 2.45) is 5.92 Å². The molecular formula is C29H33FN2O. The molecule has 0 spiro atoms. The summed E-state index contributed by atoms with van der Waals surface area (Å²) in [4.78, 5) is 2.35. The minimum atomic E-state index is -0.195. The lowest BCUT2D eigenvalue weighted by Crippen LogP contribution is -2.27. The molecule has 172 valence electrons. The zero-order valence-corrected chi connectivity index (χ0v) is 19.1. The van der Waals surface area contributed by atoms with E-state index in [2.05, 4.69) is 70.9 Å². The fourth-order valence-corrected chi connectivity index (χ4v) is 5.69. The first kappa shape index (κ1) is 22.0. The molecule has 3 atom stereocenters. The van der Waals surface area contributed by atoms with E-state index in [0.29, 0.717) is 11.7 Å². The first-order chi connectivity index (χ1) is 16.2. The van der Waals surface area contributed by atoms with Crippen LogP contribution in [0.25, 0.3) is 0 Å². The van der Waals surface area contributed by atoms with Crippen LogP contribution in [-0.2, 0) is 6.42 Å². The highest BCUT2D eigenvalue weighted by Crippen LogP contribution is 2.47. The van der Waals surface area contributed by atoms with Crippen molar-refractivity contribution in [2.45, 2.75) is 31.1 Å². The zero-order chi connectivity index (χ0) is 22.6. The van der Waals surface area contributed by atoms with E-state index in [-0.39, 0.29) is 18.5 Å². The van der Waals surface area contributed by atoms with Crippen LogP contribution in [0.3, 0.4) is 0 Å². The van der Waals surface area contributed by atoms with Crippen LogP contribution in [0, 0.1) is 5.92 Å². The molecule has 1 aliphatic heterocycles. The fraction of sp³-hybridized carbons (Fsp3) is 0.379. The van der Waals surface area contributed by atoms with Crippen LogP contribution in [-0.4, -0.2) is 42.9 Å². The Bertz CT molecular complexity index is 1050. The number of halogens is 1. The number of rotatable bonds is 7. The molecule has 0 amide bonds. The summed E-state index contributed by atoms with van der Waals surface area (Å²) in [5.41, 5.74) is 6.39. The highest BCUT2D eigenvalue weighted by atomic mass is 19.1. The van der Waals surface area contributed by atoms with Crippen molar-refractivity contribution < 1.29 is 9.50 Å². The molecule has 1 heterocycles. The second kappa shape index (κ2) is 9.96. The van der Waals surface area contributed by atoms with Gasteiger partial charge in [0, 0.05) is 37.2 Å². The smallest absolute Gasteiger partial charge is 0.115 e. The molecular weight excluding hydrogens is 411 g/mol. The number of phenols is 1. The molecule has 1 fully saturated rings. The quantitative estimate of drug-likeness (QED) is 0.472. The van der Waals surface area contributed by atoms with Gasteiger partial charge >= 0.3 is 0 Å². The summed E-state index contributed by atoms with van der Waals surface area (Å²) in [6.07, 6.45) is 3.04. The van der Waals surface area contributed by atoms with Crippen molar-refractivity contribution in [2.75, 3.05) is 38.2 Å². The monoisotopic (exact) mass is 444 g/mol. The lowest BCUT2D eigenvalue weighted by molar-refractivity contribution is 0.311. The largest absolute Gasteiger partial charge is 0.508 e. The van der Waals surface area contributed by atoms with Crippen molar-refractivity contribution in [3.8, 4) is 5.75 Å². The Morgan fingerprint density at radius 2 is 1.76 bits per heavy atom. The third-order valence-corrected chi connectivity index (χ3v) is 7.43. The maximum atomic E-state index is 12.8. The molecule has 1 saturated heterocycles. The van der Waals surface area contributed by atoms with Gasteiger partial charge in [-0.3, -0.25) is 4.39 Å². The highest BCUT2D eigenvalue weighted by molar-refractivity contribution is 5.51. The third-order valence-electron chi connectivity index (χ3n) is 7.43. The van der Waals surface area contributed by atoms with Crippen molar-refractivity contribution in [3.63, 3.8) is 0 Å². The molecule has 5 rings (SSSR count). The van der Waals surface area contributed by atoms with E-state index >= 15 is 0 Å². The summed E-state index contributed by atoms with van der Waals surface area (Å²) >= 11 is 0. The van der Waals surface area contributed by atoms with Crippen LogP contribution in [0.2, 0.25) is 0 Å². The Hall–Kier alpha value is -2.85. The number of likely N-dealkylation sites (tertiary alicyclic amines) is 1. The molecule has 2 aliphatic rings. The lowest BCUT2D eigenvalue weighted by Gasteiger charge is -2.35. The summed E-state index contributed by atoms with van der Waals surface area (Å²) in [6, 6.07) is 25.5. The van der Waals surface area contributed by atoms with E-state index in [1.54, 1.807) is 0 Å². The summed E-state index contributed by atoms with van der Waals surface area (Å²) in [5.74, 6) is 1.26. The number of hydrogen-bond acceptors (Lipinski definition) is 3. The van der Waals surface area contributed by atoms with Crippen molar-refractivity contribution in [3.05, 3.63) is 95.1 Å². The Kier molecular flexibility index (Phi) is 6.63. The predicted octanol–water partition coefficient (Wildman–Crippen LogP) is 5.96. The maximum Gasteiger partial charge on any atom is 0.115 e. The summed E-state index contributed by atoms with van der Waals surface area (Å²) < 4.78 is 12.8. The molecule has 0 unspecified atom stereocenters. The summed E-state index contributed by atoms with van der Waals surface area (Å²) in [7, 11) is 0. The Morgan fingerprint density at radius 3 is 2.52 bits per heavy atom. The SMILES string of the molecule is Oc1ccc2c(c1)CC[C@@H](c1ccccc1)[C@H]2c1ccc(NCCN2CC[C@@H](CF)C2)cc1. The van der Waals surface area contributed by atoms with Crippen molar-refractivity contribution in [1.29, 1.82) is 0 Å². The summed E-state index contributed by atoms with van der Waals surface area (Å²) in [6.45, 7) is 3.52. The minimum Gasteiger partial charge on any atom is -0.508 e. The van der Waals surface area contributed by atoms with E-state index in [9.17, 15) is 9.50 Å². The lowest BCUT2D eigenvalue weighted by atomic mass is 9.69. The topological polar surface area (TPSA) is 35.5 Å². The number of nitrogens with zero attached hydrogens (tertiary/aromatic N) is 1. The molecule has 4 heteroatoms. The van der Waals surface area contributed by atoms with Gasteiger partial charge in [0.2, 0.25) is 0 Å². The number of hydrogen-bond donors (Lipinski definition) is 2. The second-order valence-electron chi connectivity index (χ2n) is 9.58. The first-order valence-electron chi connectivity index (χ1n) is 12.2. The number of aryl methyl sites for hydroxylation is 1. The van der Waals surface area contributed by atoms with Crippen LogP contribution in [0.4, 0.5) is 10.1 Å².